The number of nitrogens with one attached hydrogen (secondary N) is 1. The fraction of sp³-hybridized carbons (Fsp3) is 0.391. The Kier molecular flexibility index (Phi) is 5.17. The molecule has 2 aliphatic rings. The Morgan fingerprint density at radius 1 is 0.967 bits per heavy atom. The zero-order valence-corrected chi connectivity index (χ0v) is 16.9. The van der Waals surface area contributed by atoms with Gasteiger partial charge in [-0.2, -0.15) is 4.68 Å². The fourth-order valence-electron chi connectivity index (χ4n) is 4.65. The summed E-state index contributed by atoms with van der Waals surface area (Å²) in [6.07, 6.45) is 4.87. The molecule has 2 heterocycles. The van der Waals surface area contributed by atoms with Crippen LogP contribution in [0.3, 0.4) is 0 Å². The highest BCUT2D eigenvalue weighted by molar-refractivity contribution is 5.79. The van der Waals surface area contributed by atoms with Crippen molar-refractivity contribution in [2.75, 3.05) is 18.0 Å². The third-order valence-electron chi connectivity index (χ3n) is 6.29. The number of hydrogen-bond acceptors (Lipinski definition) is 5. The van der Waals surface area contributed by atoms with Crippen LogP contribution in [0.5, 0.6) is 0 Å². The first-order valence-corrected chi connectivity index (χ1v) is 10.8. The van der Waals surface area contributed by atoms with Gasteiger partial charge in [-0.1, -0.05) is 47.6 Å². The van der Waals surface area contributed by atoms with Gasteiger partial charge in [-0.05, 0) is 65.8 Å². The predicted molar refractivity (Wildman–Crippen MR) is 114 cm³/mol. The van der Waals surface area contributed by atoms with Gasteiger partial charge in [-0.3, -0.25) is 4.79 Å². The first-order chi connectivity index (χ1) is 14.8. The quantitative estimate of drug-likeness (QED) is 0.726. The summed E-state index contributed by atoms with van der Waals surface area (Å²) in [5.41, 5.74) is 3.60. The predicted octanol–water partition coefficient (Wildman–Crippen LogP) is 3.07. The van der Waals surface area contributed by atoms with Gasteiger partial charge in [0.25, 0.3) is 0 Å². The number of carbonyl (C=O) groups excluding carboxylic acids is 1. The molecule has 1 N–H and O–H groups in total. The van der Waals surface area contributed by atoms with E-state index in [-0.39, 0.29) is 17.9 Å². The lowest BCUT2D eigenvalue weighted by atomic mass is 9.87. The Morgan fingerprint density at radius 2 is 1.73 bits per heavy atom. The molecule has 1 aromatic heterocycles. The minimum Gasteiger partial charge on any atom is -0.349 e. The number of anilines is 1. The van der Waals surface area contributed by atoms with Crippen molar-refractivity contribution < 1.29 is 4.79 Å². The molecule has 0 saturated carbocycles. The average molecular weight is 403 g/mol. The molecule has 0 unspecified atom stereocenters. The Hall–Kier alpha value is -3.22. The molecule has 0 bridgehead atoms. The second-order valence-electron chi connectivity index (χ2n) is 8.14. The normalized spacial score (nSPS) is 19.3. The molecule has 7 heteroatoms. The van der Waals surface area contributed by atoms with E-state index in [0.717, 1.165) is 56.8 Å². The van der Waals surface area contributed by atoms with E-state index in [9.17, 15) is 4.79 Å². The molecular weight excluding hydrogens is 376 g/mol. The Morgan fingerprint density at radius 3 is 2.57 bits per heavy atom. The summed E-state index contributed by atoms with van der Waals surface area (Å²) in [4.78, 5) is 15.2. The molecule has 1 amide bonds. The van der Waals surface area contributed by atoms with Gasteiger partial charge in [0.1, 0.15) is 0 Å². The highest BCUT2D eigenvalue weighted by atomic mass is 16.2. The maximum Gasteiger partial charge on any atom is 0.250 e. The van der Waals surface area contributed by atoms with Gasteiger partial charge < -0.3 is 10.2 Å². The molecular formula is C23H26N6O. The summed E-state index contributed by atoms with van der Waals surface area (Å²) in [7, 11) is 0. The van der Waals surface area contributed by atoms with Crippen molar-refractivity contribution in [2.45, 2.75) is 38.1 Å². The van der Waals surface area contributed by atoms with Crippen molar-refractivity contribution in [3.63, 3.8) is 0 Å². The standard InChI is InChI=1S/C23H26N6O/c30-22(24-21-12-6-8-17-7-4-5-11-20(17)21)18-13-15-28(16-14-18)23-25-26-27-29(23)19-9-2-1-3-10-19/h1-5,7,9-11,18,21H,6,8,12-16H2,(H,24,30)/t21-/m0/s1. The minimum absolute atomic E-state index is 0.0383. The van der Waals surface area contributed by atoms with Gasteiger partial charge in [0.15, 0.2) is 0 Å². The van der Waals surface area contributed by atoms with Gasteiger partial charge in [0.2, 0.25) is 11.9 Å². The molecule has 7 nitrogen and oxygen atoms in total. The van der Waals surface area contributed by atoms with Crippen LogP contribution < -0.4 is 10.2 Å². The second kappa shape index (κ2) is 8.26. The summed E-state index contributed by atoms with van der Waals surface area (Å²) in [6, 6.07) is 18.5. The summed E-state index contributed by atoms with van der Waals surface area (Å²) < 4.78 is 1.76. The van der Waals surface area contributed by atoms with E-state index in [1.807, 2.05) is 30.3 Å². The first kappa shape index (κ1) is 18.8. The van der Waals surface area contributed by atoms with Crippen LogP contribution in [0, 0.1) is 5.92 Å². The smallest absolute Gasteiger partial charge is 0.250 e. The molecule has 30 heavy (non-hydrogen) atoms. The van der Waals surface area contributed by atoms with Crippen LogP contribution in [-0.2, 0) is 11.2 Å². The number of rotatable bonds is 4. The Balaban J connectivity index is 1.22. The molecule has 5 rings (SSSR count). The van der Waals surface area contributed by atoms with Gasteiger partial charge >= 0.3 is 0 Å². The van der Waals surface area contributed by atoms with Gasteiger partial charge in [-0.25, -0.2) is 0 Å². The second-order valence-corrected chi connectivity index (χ2v) is 8.14. The van der Waals surface area contributed by atoms with Crippen LogP contribution in [0.4, 0.5) is 5.95 Å². The maximum atomic E-state index is 13.0. The van der Waals surface area contributed by atoms with E-state index in [1.165, 1.54) is 11.1 Å². The molecule has 2 aromatic carbocycles. The maximum absolute atomic E-state index is 13.0. The lowest BCUT2D eigenvalue weighted by Crippen LogP contribution is -2.42. The van der Waals surface area contributed by atoms with Crippen LogP contribution in [-0.4, -0.2) is 39.2 Å². The number of fused-ring (bicyclic) bond motifs is 1. The molecule has 1 aliphatic carbocycles. The van der Waals surface area contributed by atoms with Crippen molar-refractivity contribution in [2.24, 2.45) is 5.92 Å². The van der Waals surface area contributed by atoms with E-state index >= 15 is 0 Å². The number of benzene rings is 2. The van der Waals surface area contributed by atoms with E-state index in [0.29, 0.717) is 0 Å². The van der Waals surface area contributed by atoms with E-state index in [1.54, 1.807) is 4.68 Å². The number of piperidine rings is 1. The molecule has 0 radical (unpaired) electrons. The zero-order chi connectivity index (χ0) is 20.3. The van der Waals surface area contributed by atoms with Crippen LogP contribution in [0.2, 0.25) is 0 Å². The Labute approximate surface area is 176 Å². The van der Waals surface area contributed by atoms with Crippen LogP contribution in [0.25, 0.3) is 5.69 Å². The van der Waals surface area contributed by atoms with Crippen molar-refractivity contribution in [3.8, 4) is 5.69 Å². The minimum atomic E-state index is 0.0383. The summed E-state index contributed by atoms with van der Waals surface area (Å²) in [5, 5.41) is 15.6. The van der Waals surface area contributed by atoms with Crippen molar-refractivity contribution >= 4 is 11.9 Å². The Bertz CT molecular complexity index is 1010. The number of carbonyl (C=O) groups is 1. The zero-order valence-electron chi connectivity index (χ0n) is 16.9. The SMILES string of the molecule is O=C(N[C@H]1CCCc2ccccc21)C1CCN(c2nnnn2-c2ccccc2)CC1. The van der Waals surface area contributed by atoms with Crippen LogP contribution in [0.1, 0.15) is 42.9 Å². The highest BCUT2D eigenvalue weighted by Gasteiger charge is 2.30. The van der Waals surface area contributed by atoms with Gasteiger partial charge in [0, 0.05) is 19.0 Å². The number of hydrogen-bond donors (Lipinski definition) is 1. The third kappa shape index (κ3) is 3.67. The van der Waals surface area contributed by atoms with Crippen LogP contribution in [0.15, 0.2) is 54.6 Å². The lowest BCUT2D eigenvalue weighted by molar-refractivity contribution is -0.126. The number of para-hydroxylation sites is 1. The molecule has 1 atom stereocenters. The number of tetrazole rings is 1. The summed E-state index contributed by atoms with van der Waals surface area (Å²) in [6.45, 7) is 1.54. The monoisotopic (exact) mass is 402 g/mol. The van der Waals surface area contributed by atoms with Gasteiger partial charge in [0.05, 0.1) is 11.7 Å². The average Bonchev–Trinajstić information content (AvgIpc) is 3.30. The summed E-state index contributed by atoms with van der Waals surface area (Å²) in [5.74, 6) is 0.955. The number of aryl methyl sites for hydroxylation is 1. The molecule has 1 fully saturated rings. The molecule has 154 valence electrons. The van der Waals surface area contributed by atoms with E-state index < -0.39 is 0 Å². The van der Waals surface area contributed by atoms with Crippen LogP contribution >= 0.6 is 0 Å². The topological polar surface area (TPSA) is 75.9 Å². The molecule has 1 aliphatic heterocycles. The molecule has 1 saturated heterocycles. The van der Waals surface area contributed by atoms with Crippen molar-refractivity contribution in [1.29, 1.82) is 0 Å². The molecule has 3 aromatic rings. The first-order valence-electron chi connectivity index (χ1n) is 10.8. The highest BCUT2D eigenvalue weighted by Crippen LogP contribution is 2.30. The number of amides is 1. The van der Waals surface area contributed by atoms with E-state index in [2.05, 4.69) is 50.0 Å². The number of nitrogens with zero attached hydrogens (tertiary/aromatic N) is 5. The summed E-state index contributed by atoms with van der Waals surface area (Å²) >= 11 is 0. The fourth-order valence-corrected chi connectivity index (χ4v) is 4.65. The van der Waals surface area contributed by atoms with Gasteiger partial charge in [-0.15, -0.1) is 0 Å². The van der Waals surface area contributed by atoms with Crippen molar-refractivity contribution in [3.05, 3.63) is 65.7 Å². The number of aromatic nitrogens is 4. The molecule has 0 spiro atoms. The lowest BCUT2D eigenvalue weighted by Gasteiger charge is -2.33. The van der Waals surface area contributed by atoms with E-state index in [4.69, 9.17) is 0 Å². The largest absolute Gasteiger partial charge is 0.349 e. The third-order valence-corrected chi connectivity index (χ3v) is 6.29. The van der Waals surface area contributed by atoms with Crippen molar-refractivity contribution in [1.82, 2.24) is 25.5 Å².